The number of hydrogen-bond donors (Lipinski definition) is 0. The summed E-state index contributed by atoms with van der Waals surface area (Å²) in [5.41, 5.74) is 1.04. The molecular formula is C8H14N2O. The molecule has 0 saturated carbocycles. The Kier molecular flexibility index (Phi) is 2.63. The van der Waals surface area contributed by atoms with Gasteiger partial charge in [0.05, 0.1) is 6.42 Å². The Morgan fingerprint density at radius 3 is 2.73 bits per heavy atom. The van der Waals surface area contributed by atoms with Crippen LogP contribution in [-0.4, -0.2) is 23.2 Å². The van der Waals surface area contributed by atoms with Crippen molar-refractivity contribution in [3.63, 3.8) is 0 Å². The Morgan fingerprint density at radius 2 is 2.27 bits per heavy atom. The van der Waals surface area contributed by atoms with Crippen LogP contribution in [0.25, 0.3) is 0 Å². The van der Waals surface area contributed by atoms with Gasteiger partial charge in [-0.25, -0.2) is 5.01 Å². The maximum atomic E-state index is 11.1. The average Bonchev–Trinajstić information content (AvgIpc) is 2.32. The highest BCUT2D eigenvalue weighted by Crippen LogP contribution is 2.10. The van der Waals surface area contributed by atoms with Crippen LogP contribution in [0.5, 0.6) is 0 Å². The highest BCUT2D eigenvalue weighted by atomic mass is 16.2. The summed E-state index contributed by atoms with van der Waals surface area (Å²) >= 11 is 0. The summed E-state index contributed by atoms with van der Waals surface area (Å²) < 4.78 is 0. The third kappa shape index (κ3) is 1.79. The SMILES string of the molecule is CCCC1=NN(CC)C(=O)C1. The van der Waals surface area contributed by atoms with E-state index in [0.717, 1.165) is 18.6 Å². The first-order valence-corrected chi connectivity index (χ1v) is 4.14. The van der Waals surface area contributed by atoms with Gasteiger partial charge in [-0.3, -0.25) is 4.79 Å². The Morgan fingerprint density at radius 1 is 1.55 bits per heavy atom. The summed E-state index contributed by atoms with van der Waals surface area (Å²) in [6.07, 6.45) is 2.58. The Balaban J connectivity index is 2.52. The number of hydrazone groups is 1. The van der Waals surface area contributed by atoms with Gasteiger partial charge in [0.2, 0.25) is 5.91 Å². The van der Waals surface area contributed by atoms with E-state index in [1.165, 1.54) is 0 Å². The molecule has 0 radical (unpaired) electrons. The van der Waals surface area contributed by atoms with Crippen molar-refractivity contribution in [3.8, 4) is 0 Å². The zero-order chi connectivity index (χ0) is 8.27. The van der Waals surface area contributed by atoms with Crippen LogP contribution in [0.15, 0.2) is 5.10 Å². The summed E-state index contributed by atoms with van der Waals surface area (Å²) in [7, 11) is 0. The number of nitrogens with zero attached hydrogens (tertiary/aromatic N) is 2. The van der Waals surface area contributed by atoms with Gasteiger partial charge in [-0.2, -0.15) is 5.10 Å². The monoisotopic (exact) mass is 154 g/mol. The molecule has 1 amide bonds. The molecule has 0 atom stereocenters. The Labute approximate surface area is 67.1 Å². The van der Waals surface area contributed by atoms with E-state index in [4.69, 9.17) is 0 Å². The molecule has 0 N–H and O–H groups in total. The molecule has 1 aliphatic heterocycles. The lowest BCUT2D eigenvalue weighted by atomic mass is 10.2. The molecule has 0 aromatic heterocycles. The molecule has 62 valence electrons. The third-order valence-electron chi connectivity index (χ3n) is 1.74. The zero-order valence-electron chi connectivity index (χ0n) is 7.13. The minimum absolute atomic E-state index is 0.149. The van der Waals surface area contributed by atoms with Gasteiger partial charge in [0, 0.05) is 12.3 Å². The largest absolute Gasteiger partial charge is 0.273 e. The second-order valence-electron chi connectivity index (χ2n) is 2.70. The van der Waals surface area contributed by atoms with Gasteiger partial charge in [0.1, 0.15) is 0 Å². The smallest absolute Gasteiger partial charge is 0.248 e. The minimum atomic E-state index is 0.149. The molecule has 0 unspecified atom stereocenters. The van der Waals surface area contributed by atoms with Crippen LogP contribution in [-0.2, 0) is 4.79 Å². The molecular weight excluding hydrogens is 140 g/mol. The predicted molar refractivity (Wildman–Crippen MR) is 44.3 cm³/mol. The van der Waals surface area contributed by atoms with Crippen LogP contribution in [0.1, 0.15) is 33.1 Å². The highest BCUT2D eigenvalue weighted by molar-refractivity contribution is 6.04. The molecule has 0 bridgehead atoms. The molecule has 3 heteroatoms. The fourth-order valence-electron chi connectivity index (χ4n) is 1.20. The molecule has 0 aromatic rings. The topological polar surface area (TPSA) is 32.7 Å². The standard InChI is InChI=1S/C8H14N2O/c1-3-5-7-6-8(11)10(4-2)9-7/h3-6H2,1-2H3. The summed E-state index contributed by atoms with van der Waals surface area (Å²) in [4.78, 5) is 11.1. The summed E-state index contributed by atoms with van der Waals surface area (Å²) in [5, 5.41) is 5.72. The number of amides is 1. The molecule has 0 fully saturated rings. The average molecular weight is 154 g/mol. The van der Waals surface area contributed by atoms with Crippen molar-refractivity contribution in [1.29, 1.82) is 0 Å². The maximum absolute atomic E-state index is 11.1. The van der Waals surface area contributed by atoms with E-state index in [9.17, 15) is 4.79 Å². The number of carbonyl (C=O) groups is 1. The van der Waals surface area contributed by atoms with E-state index in [1.807, 2.05) is 6.92 Å². The third-order valence-corrected chi connectivity index (χ3v) is 1.74. The molecule has 1 rings (SSSR count). The molecule has 1 heterocycles. The second kappa shape index (κ2) is 3.51. The zero-order valence-corrected chi connectivity index (χ0v) is 7.13. The van der Waals surface area contributed by atoms with E-state index in [2.05, 4.69) is 12.0 Å². The van der Waals surface area contributed by atoms with Gasteiger partial charge in [0.25, 0.3) is 0 Å². The molecule has 11 heavy (non-hydrogen) atoms. The fraction of sp³-hybridized carbons (Fsp3) is 0.750. The van der Waals surface area contributed by atoms with Gasteiger partial charge in [-0.05, 0) is 13.3 Å². The van der Waals surface area contributed by atoms with E-state index in [0.29, 0.717) is 13.0 Å². The quantitative estimate of drug-likeness (QED) is 0.604. The van der Waals surface area contributed by atoms with E-state index >= 15 is 0 Å². The lowest BCUT2D eigenvalue weighted by molar-refractivity contribution is -0.128. The van der Waals surface area contributed by atoms with Crippen molar-refractivity contribution in [2.24, 2.45) is 5.10 Å². The van der Waals surface area contributed by atoms with Gasteiger partial charge >= 0.3 is 0 Å². The van der Waals surface area contributed by atoms with Crippen molar-refractivity contribution >= 4 is 11.6 Å². The van der Waals surface area contributed by atoms with Gasteiger partial charge in [0.15, 0.2) is 0 Å². The minimum Gasteiger partial charge on any atom is -0.273 e. The lowest BCUT2D eigenvalue weighted by Crippen LogP contribution is -2.19. The molecule has 1 aliphatic rings. The molecule has 0 aliphatic carbocycles. The van der Waals surface area contributed by atoms with Crippen LogP contribution in [0.3, 0.4) is 0 Å². The van der Waals surface area contributed by atoms with Crippen molar-refractivity contribution < 1.29 is 4.79 Å². The Bertz CT molecular complexity index is 187. The first-order chi connectivity index (χ1) is 5.27. The first kappa shape index (κ1) is 8.24. The molecule has 3 nitrogen and oxygen atoms in total. The van der Waals surface area contributed by atoms with Crippen LogP contribution in [0, 0.1) is 0 Å². The van der Waals surface area contributed by atoms with Crippen LogP contribution >= 0.6 is 0 Å². The lowest BCUT2D eigenvalue weighted by Gasteiger charge is -2.05. The number of rotatable bonds is 3. The van der Waals surface area contributed by atoms with Crippen molar-refractivity contribution in [2.45, 2.75) is 33.1 Å². The van der Waals surface area contributed by atoms with Crippen molar-refractivity contribution in [1.82, 2.24) is 5.01 Å². The van der Waals surface area contributed by atoms with Crippen LogP contribution in [0.2, 0.25) is 0 Å². The fourth-order valence-corrected chi connectivity index (χ4v) is 1.20. The Hall–Kier alpha value is -0.860. The van der Waals surface area contributed by atoms with Crippen LogP contribution < -0.4 is 0 Å². The summed E-state index contributed by atoms with van der Waals surface area (Å²) in [6, 6.07) is 0. The van der Waals surface area contributed by atoms with Crippen LogP contribution in [0.4, 0.5) is 0 Å². The predicted octanol–water partition coefficient (Wildman–Crippen LogP) is 1.39. The summed E-state index contributed by atoms with van der Waals surface area (Å²) in [6.45, 7) is 4.74. The number of hydrogen-bond acceptors (Lipinski definition) is 2. The molecule has 0 spiro atoms. The number of carbonyl (C=O) groups excluding carboxylic acids is 1. The molecule has 0 aromatic carbocycles. The summed E-state index contributed by atoms with van der Waals surface area (Å²) in [5.74, 6) is 0.149. The normalized spacial score (nSPS) is 17.5. The molecule has 0 saturated heterocycles. The van der Waals surface area contributed by atoms with Crippen molar-refractivity contribution in [3.05, 3.63) is 0 Å². The maximum Gasteiger partial charge on any atom is 0.248 e. The van der Waals surface area contributed by atoms with Gasteiger partial charge in [-0.15, -0.1) is 0 Å². The van der Waals surface area contributed by atoms with E-state index in [1.54, 1.807) is 5.01 Å². The second-order valence-corrected chi connectivity index (χ2v) is 2.70. The van der Waals surface area contributed by atoms with Crippen molar-refractivity contribution in [2.75, 3.05) is 6.54 Å². The van der Waals surface area contributed by atoms with Gasteiger partial charge in [-0.1, -0.05) is 13.3 Å². The first-order valence-electron chi connectivity index (χ1n) is 4.14. The van der Waals surface area contributed by atoms with Gasteiger partial charge < -0.3 is 0 Å². The highest BCUT2D eigenvalue weighted by Gasteiger charge is 2.20. The van der Waals surface area contributed by atoms with E-state index < -0.39 is 0 Å². The van der Waals surface area contributed by atoms with E-state index in [-0.39, 0.29) is 5.91 Å².